The fourth-order valence-corrected chi connectivity index (χ4v) is 3.32. The van der Waals surface area contributed by atoms with Crippen LogP contribution < -0.4 is 5.73 Å². The maximum absolute atomic E-state index is 6.02. The first-order valence-electron chi connectivity index (χ1n) is 6.23. The van der Waals surface area contributed by atoms with Crippen molar-refractivity contribution in [2.24, 2.45) is 11.7 Å². The third kappa shape index (κ3) is 2.29. The maximum atomic E-state index is 6.02. The third-order valence-corrected chi connectivity index (χ3v) is 4.08. The Morgan fingerprint density at radius 1 is 1.07 bits per heavy atom. The highest BCUT2D eigenvalue weighted by Crippen LogP contribution is 2.32. The smallest absolute Gasteiger partial charge is 0.0182 e. The highest BCUT2D eigenvalue weighted by molar-refractivity contribution is 4.90. The lowest BCUT2D eigenvalue weighted by atomic mass is 9.90. The van der Waals surface area contributed by atoms with Gasteiger partial charge in [0.2, 0.25) is 0 Å². The van der Waals surface area contributed by atoms with E-state index < -0.39 is 0 Å². The summed E-state index contributed by atoms with van der Waals surface area (Å²) >= 11 is 0. The van der Waals surface area contributed by atoms with Crippen molar-refractivity contribution in [3.8, 4) is 0 Å². The monoisotopic (exact) mass is 196 g/mol. The molecule has 14 heavy (non-hydrogen) atoms. The topological polar surface area (TPSA) is 29.3 Å². The van der Waals surface area contributed by atoms with Gasteiger partial charge in [-0.1, -0.05) is 25.7 Å². The van der Waals surface area contributed by atoms with Crippen molar-refractivity contribution in [2.45, 2.75) is 57.0 Å². The van der Waals surface area contributed by atoms with Crippen molar-refractivity contribution in [1.29, 1.82) is 0 Å². The Morgan fingerprint density at radius 2 is 1.71 bits per heavy atom. The van der Waals surface area contributed by atoms with Crippen molar-refractivity contribution >= 4 is 0 Å². The van der Waals surface area contributed by atoms with Gasteiger partial charge in [-0.15, -0.1) is 0 Å². The largest absolute Gasteiger partial charge is 0.326 e. The number of likely N-dealkylation sites (N-methyl/N-ethyl adjacent to an activating group) is 1. The zero-order valence-corrected chi connectivity index (χ0v) is 9.41. The summed E-state index contributed by atoms with van der Waals surface area (Å²) in [7, 11) is 2.25. The molecule has 2 aliphatic rings. The van der Waals surface area contributed by atoms with Crippen LogP contribution in [-0.2, 0) is 0 Å². The Kier molecular flexibility index (Phi) is 3.45. The molecule has 0 bridgehead atoms. The number of nitrogens with two attached hydrogens (primary N) is 1. The molecule has 2 fully saturated rings. The summed E-state index contributed by atoms with van der Waals surface area (Å²) in [6.45, 7) is 1.11. The van der Waals surface area contributed by atoms with Crippen molar-refractivity contribution in [3.05, 3.63) is 0 Å². The second-order valence-electron chi connectivity index (χ2n) is 5.25. The third-order valence-electron chi connectivity index (χ3n) is 4.08. The van der Waals surface area contributed by atoms with Crippen molar-refractivity contribution < 1.29 is 0 Å². The number of hydrogen-bond acceptors (Lipinski definition) is 2. The van der Waals surface area contributed by atoms with Crippen LogP contribution in [0.15, 0.2) is 0 Å². The summed E-state index contributed by atoms with van der Waals surface area (Å²) < 4.78 is 0. The molecule has 0 aromatic heterocycles. The molecule has 1 aliphatic carbocycles. The van der Waals surface area contributed by atoms with Crippen LogP contribution in [0.5, 0.6) is 0 Å². The van der Waals surface area contributed by atoms with E-state index in [1.54, 1.807) is 0 Å². The molecule has 0 aromatic rings. The average molecular weight is 196 g/mol. The summed E-state index contributed by atoms with van der Waals surface area (Å²) in [5.41, 5.74) is 6.02. The number of likely N-dealkylation sites (tertiary alicyclic amines) is 1. The van der Waals surface area contributed by atoms with E-state index in [4.69, 9.17) is 5.73 Å². The second-order valence-corrected chi connectivity index (χ2v) is 5.25. The number of hydrogen-bond donors (Lipinski definition) is 1. The fraction of sp³-hybridized carbons (Fsp3) is 1.00. The summed E-state index contributed by atoms with van der Waals surface area (Å²) in [4.78, 5) is 2.50. The Morgan fingerprint density at radius 3 is 2.21 bits per heavy atom. The molecule has 2 heteroatoms. The van der Waals surface area contributed by atoms with Gasteiger partial charge in [0.25, 0.3) is 0 Å². The molecular weight excluding hydrogens is 172 g/mol. The van der Waals surface area contributed by atoms with Gasteiger partial charge >= 0.3 is 0 Å². The van der Waals surface area contributed by atoms with Crippen LogP contribution in [0.1, 0.15) is 44.9 Å². The second kappa shape index (κ2) is 4.63. The maximum Gasteiger partial charge on any atom is 0.0182 e. The molecule has 1 saturated heterocycles. The van der Waals surface area contributed by atoms with Gasteiger partial charge in [0.05, 0.1) is 0 Å². The van der Waals surface area contributed by atoms with E-state index >= 15 is 0 Å². The Hall–Kier alpha value is -0.0800. The van der Waals surface area contributed by atoms with Crippen LogP contribution in [-0.4, -0.2) is 30.6 Å². The quantitative estimate of drug-likeness (QED) is 0.650. The molecule has 2 atom stereocenters. The van der Waals surface area contributed by atoms with E-state index in [0.717, 1.165) is 18.5 Å². The predicted molar refractivity (Wildman–Crippen MR) is 60.2 cm³/mol. The lowest BCUT2D eigenvalue weighted by molar-refractivity contribution is 0.210. The van der Waals surface area contributed by atoms with Gasteiger partial charge in [-0.05, 0) is 32.2 Å². The fourth-order valence-electron chi connectivity index (χ4n) is 3.32. The molecular formula is C12H24N2. The molecule has 0 radical (unpaired) electrons. The first-order valence-corrected chi connectivity index (χ1v) is 6.23. The molecule has 2 nitrogen and oxygen atoms in total. The van der Waals surface area contributed by atoms with Gasteiger partial charge in [0.1, 0.15) is 0 Å². The molecule has 1 saturated carbocycles. The Bertz CT molecular complexity index is 173. The summed E-state index contributed by atoms with van der Waals surface area (Å²) in [5, 5.41) is 0. The van der Waals surface area contributed by atoms with Crippen LogP contribution in [0.2, 0.25) is 0 Å². The van der Waals surface area contributed by atoms with Crippen LogP contribution in [0.3, 0.4) is 0 Å². The van der Waals surface area contributed by atoms with Crippen molar-refractivity contribution in [1.82, 2.24) is 4.90 Å². The average Bonchev–Trinajstić information content (AvgIpc) is 2.43. The first-order chi connectivity index (χ1) is 6.77. The van der Waals surface area contributed by atoms with Crippen molar-refractivity contribution in [3.63, 3.8) is 0 Å². The van der Waals surface area contributed by atoms with Crippen LogP contribution in [0.25, 0.3) is 0 Å². The summed E-state index contributed by atoms with van der Waals surface area (Å²) in [6, 6.07) is 1.23. The van der Waals surface area contributed by atoms with Crippen LogP contribution >= 0.6 is 0 Å². The summed E-state index contributed by atoms with van der Waals surface area (Å²) in [6.07, 6.45) is 9.94. The lowest BCUT2D eigenvalue weighted by Gasteiger charge is -2.27. The molecule has 0 amide bonds. The van der Waals surface area contributed by atoms with Crippen LogP contribution in [0, 0.1) is 5.92 Å². The molecule has 2 rings (SSSR count). The molecule has 2 N–H and O–H groups in total. The first kappa shape index (κ1) is 10.4. The molecule has 1 heterocycles. The minimum Gasteiger partial charge on any atom is -0.326 e. The van der Waals surface area contributed by atoms with Crippen molar-refractivity contribution in [2.75, 3.05) is 13.6 Å². The van der Waals surface area contributed by atoms with E-state index in [1.165, 1.54) is 44.9 Å². The van der Waals surface area contributed by atoms with Gasteiger partial charge in [0.15, 0.2) is 0 Å². The van der Waals surface area contributed by atoms with E-state index in [0.29, 0.717) is 6.04 Å². The molecule has 82 valence electrons. The Labute approximate surface area is 87.8 Å². The molecule has 1 aliphatic heterocycles. The van der Waals surface area contributed by atoms with Gasteiger partial charge in [-0.3, -0.25) is 0 Å². The zero-order valence-electron chi connectivity index (χ0n) is 9.41. The predicted octanol–water partition coefficient (Wildman–Crippen LogP) is 1.99. The van der Waals surface area contributed by atoms with Gasteiger partial charge < -0.3 is 10.6 Å². The SMILES string of the molecule is CN1CC(N)CC1C1CCCCCC1. The number of nitrogens with zero attached hydrogens (tertiary/aromatic N) is 1. The van der Waals surface area contributed by atoms with Gasteiger partial charge in [0, 0.05) is 18.6 Å². The Balaban J connectivity index is 1.92. The molecule has 0 aromatic carbocycles. The molecule has 0 spiro atoms. The molecule has 2 unspecified atom stereocenters. The van der Waals surface area contributed by atoms with E-state index in [2.05, 4.69) is 11.9 Å². The van der Waals surface area contributed by atoms with E-state index in [9.17, 15) is 0 Å². The van der Waals surface area contributed by atoms with E-state index in [1.807, 2.05) is 0 Å². The minimum atomic E-state index is 0.438. The van der Waals surface area contributed by atoms with Gasteiger partial charge in [-0.25, -0.2) is 0 Å². The standard InChI is InChI=1S/C12H24N2/c1-14-9-11(13)8-12(14)10-6-4-2-3-5-7-10/h10-12H,2-9,13H2,1H3. The van der Waals surface area contributed by atoms with E-state index in [-0.39, 0.29) is 0 Å². The zero-order chi connectivity index (χ0) is 9.97. The minimum absolute atomic E-state index is 0.438. The highest BCUT2D eigenvalue weighted by atomic mass is 15.2. The highest BCUT2D eigenvalue weighted by Gasteiger charge is 2.33. The van der Waals surface area contributed by atoms with Gasteiger partial charge in [-0.2, -0.15) is 0 Å². The summed E-state index contributed by atoms with van der Waals surface area (Å²) in [5.74, 6) is 0.941. The normalized spacial score (nSPS) is 37.3. The number of rotatable bonds is 1. The van der Waals surface area contributed by atoms with Crippen LogP contribution in [0.4, 0.5) is 0 Å². The lowest BCUT2D eigenvalue weighted by Crippen LogP contribution is -2.32.